The van der Waals surface area contributed by atoms with Gasteiger partial charge in [-0.25, -0.2) is 13.4 Å². The molecule has 0 aliphatic heterocycles. The van der Waals surface area contributed by atoms with E-state index >= 15 is 0 Å². The number of carbonyl (C=O) groups excluding carboxylic acids is 1. The summed E-state index contributed by atoms with van der Waals surface area (Å²) < 4.78 is 30.7. The van der Waals surface area contributed by atoms with Crippen LogP contribution in [0.15, 0.2) is 81.3 Å². The van der Waals surface area contributed by atoms with Gasteiger partial charge < -0.3 is 15.5 Å². The first kappa shape index (κ1) is 18.6. The number of amides is 1. The number of pyridine rings is 2. The monoisotopic (exact) mass is 408 g/mol. The number of sulfone groups is 1. The maximum Gasteiger partial charge on any atom is 0.287 e. The number of nitrogens with zero attached hydrogens (tertiary/aromatic N) is 2. The quantitative estimate of drug-likeness (QED) is 0.519. The van der Waals surface area contributed by atoms with Crippen LogP contribution in [-0.4, -0.2) is 24.3 Å². The summed E-state index contributed by atoms with van der Waals surface area (Å²) in [6.07, 6.45) is 4.39. The SMILES string of the molecule is Nc1ccc(S(=O)(=O)c2ccc(CNC(=O)c3cc4ccncc4o3)cc2)cn1. The molecule has 0 radical (unpaired) electrons. The van der Waals surface area contributed by atoms with Crippen LogP contribution in [0, 0.1) is 0 Å². The average molecular weight is 408 g/mol. The molecule has 0 fully saturated rings. The Morgan fingerprint density at radius 3 is 2.48 bits per heavy atom. The number of nitrogens with two attached hydrogens (primary N) is 1. The lowest BCUT2D eigenvalue weighted by Gasteiger charge is -2.07. The van der Waals surface area contributed by atoms with Gasteiger partial charge in [-0.15, -0.1) is 0 Å². The number of nitrogen functional groups attached to an aromatic ring is 1. The number of aromatic nitrogens is 2. The number of hydrogen-bond donors (Lipinski definition) is 2. The standard InChI is InChI=1S/C20H16N4O4S/c21-19-6-5-16(11-23-19)29(26,27)15-3-1-13(2-4-15)10-24-20(25)17-9-14-7-8-22-12-18(14)28-17/h1-9,11-12H,10H2,(H2,21,23)(H,24,25). The molecule has 0 aliphatic carbocycles. The zero-order valence-electron chi connectivity index (χ0n) is 15.1. The van der Waals surface area contributed by atoms with Gasteiger partial charge in [-0.2, -0.15) is 0 Å². The van der Waals surface area contributed by atoms with Gasteiger partial charge in [0.05, 0.1) is 16.0 Å². The molecule has 29 heavy (non-hydrogen) atoms. The van der Waals surface area contributed by atoms with Gasteiger partial charge in [-0.1, -0.05) is 12.1 Å². The van der Waals surface area contributed by atoms with Crippen molar-refractivity contribution in [2.24, 2.45) is 0 Å². The van der Waals surface area contributed by atoms with Crippen molar-refractivity contribution in [1.82, 2.24) is 15.3 Å². The molecule has 0 bridgehead atoms. The lowest BCUT2D eigenvalue weighted by molar-refractivity contribution is 0.0925. The van der Waals surface area contributed by atoms with Crippen LogP contribution in [-0.2, 0) is 16.4 Å². The first-order valence-electron chi connectivity index (χ1n) is 8.61. The number of carbonyl (C=O) groups is 1. The number of nitrogens with one attached hydrogen (secondary N) is 1. The van der Waals surface area contributed by atoms with Crippen LogP contribution in [0.2, 0.25) is 0 Å². The molecule has 4 rings (SSSR count). The van der Waals surface area contributed by atoms with Gasteiger partial charge in [0.1, 0.15) is 5.82 Å². The van der Waals surface area contributed by atoms with Crippen molar-refractivity contribution >= 4 is 32.5 Å². The highest BCUT2D eigenvalue weighted by molar-refractivity contribution is 7.91. The third kappa shape index (κ3) is 3.81. The van der Waals surface area contributed by atoms with Crippen molar-refractivity contribution < 1.29 is 17.6 Å². The number of fused-ring (bicyclic) bond motifs is 1. The van der Waals surface area contributed by atoms with Crippen molar-refractivity contribution in [1.29, 1.82) is 0 Å². The first-order chi connectivity index (χ1) is 13.9. The topological polar surface area (TPSA) is 128 Å². The molecule has 4 aromatic rings. The second-order valence-corrected chi connectivity index (χ2v) is 8.22. The third-order valence-corrected chi connectivity index (χ3v) is 6.06. The highest BCUT2D eigenvalue weighted by Gasteiger charge is 2.18. The third-order valence-electron chi connectivity index (χ3n) is 4.30. The summed E-state index contributed by atoms with van der Waals surface area (Å²) >= 11 is 0. The molecule has 3 aromatic heterocycles. The van der Waals surface area contributed by atoms with E-state index in [0.29, 0.717) is 5.58 Å². The Labute approximate surface area is 166 Å². The predicted molar refractivity (Wildman–Crippen MR) is 106 cm³/mol. The Kier molecular flexibility index (Phi) is 4.73. The van der Waals surface area contributed by atoms with E-state index in [-0.39, 0.29) is 33.8 Å². The summed E-state index contributed by atoms with van der Waals surface area (Å²) in [7, 11) is -3.69. The molecular weight excluding hydrogens is 392 g/mol. The van der Waals surface area contributed by atoms with Gasteiger partial charge in [0.25, 0.3) is 5.91 Å². The molecule has 0 spiro atoms. The zero-order chi connectivity index (χ0) is 20.4. The van der Waals surface area contributed by atoms with Crippen molar-refractivity contribution in [2.75, 3.05) is 5.73 Å². The number of benzene rings is 1. The lowest BCUT2D eigenvalue weighted by Crippen LogP contribution is -2.22. The molecule has 0 unspecified atom stereocenters. The molecule has 0 saturated carbocycles. The number of anilines is 1. The van der Waals surface area contributed by atoms with Gasteiger partial charge in [0.15, 0.2) is 11.3 Å². The minimum absolute atomic E-state index is 0.0622. The fourth-order valence-electron chi connectivity index (χ4n) is 2.74. The highest BCUT2D eigenvalue weighted by Crippen LogP contribution is 2.21. The van der Waals surface area contributed by atoms with E-state index in [0.717, 1.165) is 10.9 Å². The zero-order valence-corrected chi connectivity index (χ0v) is 15.9. The van der Waals surface area contributed by atoms with E-state index in [4.69, 9.17) is 10.2 Å². The van der Waals surface area contributed by atoms with Crippen LogP contribution in [0.3, 0.4) is 0 Å². The Hall–Kier alpha value is -3.72. The second kappa shape index (κ2) is 7.36. The molecule has 3 heterocycles. The van der Waals surface area contributed by atoms with E-state index in [1.165, 1.54) is 30.5 Å². The van der Waals surface area contributed by atoms with E-state index in [9.17, 15) is 13.2 Å². The highest BCUT2D eigenvalue weighted by atomic mass is 32.2. The number of rotatable bonds is 5. The number of hydrogen-bond acceptors (Lipinski definition) is 7. The molecule has 9 heteroatoms. The van der Waals surface area contributed by atoms with Crippen molar-refractivity contribution in [3.63, 3.8) is 0 Å². The maximum absolute atomic E-state index is 12.6. The Morgan fingerprint density at radius 1 is 1.03 bits per heavy atom. The summed E-state index contributed by atoms with van der Waals surface area (Å²) in [5.74, 6) is 0.0599. The molecule has 0 atom stereocenters. The Balaban J connectivity index is 1.45. The van der Waals surface area contributed by atoms with Crippen LogP contribution < -0.4 is 11.1 Å². The van der Waals surface area contributed by atoms with Crippen molar-refractivity contribution in [3.8, 4) is 0 Å². The molecule has 3 N–H and O–H groups in total. The normalized spacial score (nSPS) is 11.4. The smallest absolute Gasteiger partial charge is 0.287 e. The van der Waals surface area contributed by atoms with E-state index in [2.05, 4.69) is 15.3 Å². The summed E-state index contributed by atoms with van der Waals surface area (Å²) in [6, 6.07) is 12.5. The van der Waals surface area contributed by atoms with E-state index in [1.54, 1.807) is 36.7 Å². The summed E-state index contributed by atoms with van der Waals surface area (Å²) in [5, 5.41) is 3.53. The summed E-state index contributed by atoms with van der Waals surface area (Å²) in [6.45, 7) is 0.220. The van der Waals surface area contributed by atoms with Gasteiger partial charge in [-0.05, 0) is 42.0 Å². The Bertz CT molecular complexity index is 1250. The summed E-state index contributed by atoms with van der Waals surface area (Å²) in [5.41, 5.74) is 6.77. The lowest BCUT2D eigenvalue weighted by atomic mass is 10.2. The van der Waals surface area contributed by atoms with E-state index in [1.807, 2.05) is 0 Å². The Morgan fingerprint density at radius 2 is 1.79 bits per heavy atom. The van der Waals surface area contributed by atoms with E-state index < -0.39 is 9.84 Å². The number of furan rings is 1. The molecule has 146 valence electrons. The molecule has 0 aliphatic rings. The van der Waals surface area contributed by atoms with Crippen LogP contribution in [0.25, 0.3) is 11.0 Å². The fraction of sp³-hybridized carbons (Fsp3) is 0.0500. The van der Waals surface area contributed by atoms with Crippen LogP contribution in [0.1, 0.15) is 16.1 Å². The largest absolute Gasteiger partial charge is 0.449 e. The van der Waals surface area contributed by atoms with Gasteiger partial charge in [0, 0.05) is 24.3 Å². The molecule has 1 amide bonds. The van der Waals surface area contributed by atoms with Crippen molar-refractivity contribution in [2.45, 2.75) is 16.3 Å². The minimum atomic E-state index is -3.69. The second-order valence-electron chi connectivity index (χ2n) is 6.27. The molecule has 1 aromatic carbocycles. The van der Waals surface area contributed by atoms with Crippen LogP contribution in [0.5, 0.6) is 0 Å². The molecule has 0 saturated heterocycles. The van der Waals surface area contributed by atoms with Crippen LogP contribution in [0.4, 0.5) is 5.82 Å². The average Bonchev–Trinajstić information content (AvgIpc) is 3.17. The molecular formula is C20H16N4O4S. The van der Waals surface area contributed by atoms with Crippen LogP contribution >= 0.6 is 0 Å². The summed E-state index contributed by atoms with van der Waals surface area (Å²) in [4.78, 5) is 20.2. The van der Waals surface area contributed by atoms with Gasteiger partial charge in [-0.3, -0.25) is 9.78 Å². The fourth-order valence-corrected chi connectivity index (χ4v) is 3.94. The molecule has 8 nitrogen and oxygen atoms in total. The van der Waals surface area contributed by atoms with Crippen molar-refractivity contribution in [3.05, 3.63) is 78.4 Å². The predicted octanol–water partition coefficient (Wildman–Crippen LogP) is 2.57. The minimum Gasteiger partial charge on any atom is -0.449 e. The maximum atomic E-state index is 12.6. The first-order valence-corrected chi connectivity index (χ1v) is 10.1. The van der Waals surface area contributed by atoms with Gasteiger partial charge >= 0.3 is 0 Å². The van der Waals surface area contributed by atoms with Gasteiger partial charge in [0.2, 0.25) is 9.84 Å².